The normalized spacial score (nSPS) is 18.5. The van der Waals surface area contributed by atoms with Crippen molar-refractivity contribution in [2.75, 3.05) is 6.61 Å². The summed E-state index contributed by atoms with van der Waals surface area (Å²) in [6.07, 6.45) is 2.57. The molecule has 2 aromatic heterocycles. The van der Waals surface area contributed by atoms with E-state index in [0.29, 0.717) is 17.7 Å². The van der Waals surface area contributed by atoms with Crippen molar-refractivity contribution in [2.45, 2.75) is 62.8 Å². The zero-order valence-corrected chi connectivity index (χ0v) is 35.3. The number of carbonyl (C=O) groups excluding carboxylic acids is 5. The third-order valence-electron chi connectivity index (χ3n) is 11.3. The van der Waals surface area contributed by atoms with Crippen LogP contribution in [0.15, 0.2) is 140 Å². The predicted octanol–water partition coefficient (Wildman–Crippen LogP) is 3.66. The number of tetrazole rings is 1. The predicted molar refractivity (Wildman–Crippen MR) is 242 cm³/mol. The van der Waals surface area contributed by atoms with Crippen LogP contribution in [0.25, 0.3) is 22.0 Å². The number of aromatic amines is 2. The molecule has 0 spiro atoms. The maximum absolute atomic E-state index is 14.7. The Balaban J connectivity index is 1.13. The van der Waals surface area contributed by atoms with Crippen LogP contribution in [-0.4, -0.2) is 85.9 Å². The van der Waals surface area contributed by atoms with Gasteiger partial charge < -0.3 is 36.3 Å². The first-order chi connectivity index (χ1) is 31.7. The van der Waals surface area contributed by atoms with Gasteiger partial charge in [-0.15, -0.1) is 10.2 Å². The molecule has 2 bridgehead atoms. The van der Waals surface area contributed by atoms with E-state index in [9.17, 15) is 24.0 Å². The number of nitrogens with one attached hydrogen (secondary N) is 7. The first kappa shape index (κ1) is 43.5. The molecule has 0 saturated heterocycles. The van der Waals surface area contributed by atoms with Gasteiger partial charge in [-0.2, -0.15) is 5.21 Å². The van der Waals surface area contributed by atoms with Crippen molar-refractivity contribution >= 4 is 40.4 Å². The molecule has 0 saturated carbocycles. The van der Waals surface area contributed by atoms with Gasteiger partial charge in [0, 0.05) is 36.4 Å². The minimum absolute atomic E-state index is 0.0472. The highest BCUT2D eigenvalue weighted by Gasteiger charge is 2.32. The fraction of sp³-hybridized carbons (Fsp3) is 0.224. The summed E-state index contributed by atoms with van der Waals surface area (Å²) >= 11 is 0. The van der Waals surface area contributed by atoms with Gasteiger partial charge in [0.1, 0.15) is 29.9 Å². The Morgan fingerprint density at radius 2 is 1.32 bits per heavy atom. The Labute approximate surface area is 374 Å². The van der Waals surface area contributed by atoms with E-state index in [-0.39, 0.29) is 38.1 Å². The number of amides is 5. The Kier molecular flexibility index (Phi) is 13.9. The van der Waals surface area contributed by atoms with Gasteiger partial charge >= 0.3 is 0 Å². The van der Waals surface area contributed by atoms with Crippen molar-refractivity contribution in [1.29, 1.82) is 0 Å². The molecule has 5 amide bonds. The number of benzene rings is 5. The maximum Gasteiger partial charge on any atom is 0.258 e. The topological polar surface area (TPSA) is 225 Å². The van der Waals surface area contributed by atoms with Crippen LogP contribution >= 0.6 is 0 Å². The molecule has 4 atom stereocenters. The number of H-pyrrole nitrogens is 2. The van der Waals surface area contributed by atoms with Crippen LogP contribution < -0.4 is 31.3 Å². The van der Waals surface area contributed by atoms with Crippen molar-refractivity contribution in [1.82, 2.24) is 52.2 Å². The smallest absolute Gasteiger partial charge is 0.258 e. The van der Waals surface area contributed by atoms with Crippen molar-refractivity contribution in [3.8, 4) is 16.9 Å². The number of ether oxygens (including phenoxy) is 1. The Morgan fingerprint density at radius 3 is 2.06 bits per heavy atom. The summed E-state index contributed by atoms with van der Waals surface area (Å²) in [4.78, 5) is 74.4. The average molecular weight is 873 g/mol. The molecule has 2 aliphatic rings. The molecule has 0 fully saturated rings. The van der Waals surface area contributed by atoms with Gasteiger partial charge in [-0.1, -0.05) is 120 Å². The van der Waals surface area contributed by atoms with Crippen LogP contribution in [0.1, 0.15) is 34.5 Å². The van der Waals surface area contributed by atoms with E-state index in [1.54, 1.807) is 30.5 Å². The lowest BCUT2D eigenvalue weighted by Gasteiger charge is -2.27. The van der Waals surface area contributed by atoms with E-state index >= 15 is 0 Å². The van der Waals surface area contributed by atoms with E-state index in [0.717, 1.165) is 38.7 Å². The number of aromatic nitrogens is 5. The quantitative estimate of drug-likeness (QED) is 0.0941. The summed E-state index contributed by atoms with van der Waals surface area (Å²) in [5.74, 6) is -2.32. The molecule has 330 valence electrons. The summed E-state index contributed by atoms with van der Waals surface area (Å²) in [5.41, 5.74) is 5.97. The second-order valence-electron chi connectivity index (χ2n) is 15.8. The zero-order chi connectivity index (χ0) is 45.0. The first-order valence-electron chi connectivity index (χ1n) is 21.4. The SMILES string of the molecule is O=C1COc2ccc(cc2)C[C@@H](C(=O)NCc2nn[nH]n2)NC(=O)[C@H](CCc2ccccc2)NC(=O)[C@@H](Cc2ccc(-c3ccccc3)cc2)NC(=O)[C@H](Cc2c[nH]c3ccccc23)N1. The molecule has 9 rings (SSSR count). The van der Waals surface area contributed by atoms with Crippen LogP contribution in [0.2, 0.25) is 0 Å². The number of aryl methyl sites for hydroxylation is 1. The van der Waals surface area contributed by atoms with Gasteiger partial charge in [0.25, 0.3) is 5.91 Å². The highest BCUT2D eigenvalue weighted by Crippen LogP contribution is 2.22. The maximum atomic E-state index is 14.7. The third kappa shape index (κ3) is 11.7. The molecule has 16 nitrogen and oxygen atoms in total. The van der Waals surface area contributed by atoms with Crippen LogP contribution in [0.3, 0.4) is 0 Å². The minimum Gasteiger partial charge on any atom is -0.484 e. The fourth-order valence-electron chi connectivity index (χ4n) is 7.78. The summed E-state index contributed by atoms with van der Waals surface area (Å²) in [6, 6.07) is 36.9. The van der Waals surface area contributed by atoms with Crippen molar-refractivity contribution < 1.29 is 28.7 Å². The number of nitrogens with zero attached hydrogens (tertiary/aromatic N) is 3. The Hall–Kier alpha value is -8.14. The second kappa shape index (κ2) is 20.8. The van der Waals surface area contributed by atoms with Crippen LogP contribution in [0, 0.1) is 0 Å². The van der Waals surface area contributed by atoms with Gasteiger partial charge in [-0.05, 0) is 64.4 Å². The number of hydrogen-bond acceptors (Lipinski definition) is 9. The number of hydrogen-bond donors (Lipinski definition) is 7. The molecule has 65 heavy (non-hydrogen) atoms. The van der Waals surface area contributed by atoms with E-state index in [4.69, 9.17) is 4.74 Å². The van der Waals surface area contributed by atoms with E-state index in [1.165, 1.54) is 0 Å². The molecule has 7 N–H and O–H groups in total. The van der Waals surface area contributed by atoms with Crippen LogP contribution in [-0.2, 0) is 56.2 Å². The summed E-state index contributed by atoms with van der Waals surface area (Å²) in [7, 11) is 0. The summed E-state index contributed by atoms with van der Waals surface area (Å²) in [5, 5.41) is 29.0. The van der Waals surface area contributed by atoms with Gasteiger partial charge in [-0.25, -0.2) is 0 Å². The van der Waals surface area contributed by atoms with Gasteiger partial charge in [0.05, 0.1) is 6.54 Å². The Morgan fingerprint density at radius 1 is 0.662 bits per heavy atom. The molecule has 2 aliphatic heterocycles. The molecular weight excluding hydrogens is 825 g/mol. The van der Waals surface area contributed by atoms with E-state index in [1.807, 2.05) is 109 Å². The summed E-state index contributed by atoms with van der Waals surface area (Å²) < 4.78 is 5.85. The monoisotopic (exact) mass is 872 g/mol. The third-order valence-corrected chi connectivity index (χ3v) is 11.3. The number of para-hydroxylation sites is 1. The van der Waals surface area contributed by atoms with E-state index < -0.39 is 60.3 Å². The number of fused-ring (bicyclic) bond motifs is 17. The molecule has 4 heterocycles. The standard InChI is InChI=1S/C49H48N10O6/c60-45-30-65-37-22-17-33(18-23-37)25-41(46(61)51-29-44-56-58-59-57-44)54-47(62)40(24-19-31-9-3-1-4-10-31)53-48(63)42(26-32-15-20-35(21-16-32)34-11-5-2-6-12-34)55-49(64)43(52-45)27-36-28-50-39-14-8-7-13-38(36)39/h1-18,20-23,28,40-43,50H,19,24-27,29-30H2,(H,51,61)(H,52,60)(H,53,63)(H,54,62)(H,55,64)(H,56,57,58,59)/t40-,41-,42+,43-/m0/s1. The van der Waals surface area contributed by atoms with Crippen molar-refractivity contribution in [2.24, 2.45) is 0 Å². The fourth-order valence-corrected chi connectivity index (χ4v) is 7.78. The minimum atomic E-state index is -1.21. The zero-order valence-electron chi connectivity index (χ0n) is 35.3. The number of carbonyl (C=O) groups is 5. The molecule has 16 heteroatoms. The Bertz CT molecular complexity index is 2710. The largest absolute Gasteiger partial charge is 0.484 e. The lowest BCUT2D eigenvalue weighted by molar-refractivity contribution is -0.134. The summed E-state index contributed by atoms with van der Waals surface area (Å²) in [6.45, 7) is -0.464. The van der Waals surface area contributed by atoms with Gasteiger partial charge in [-0.3, -0.25) is 24.0 Å². The van der Waals surface area contributed by atoms with Gasteiger partial charge in [0.2, 0.25) is 23.6 Å². The van der Waals surface area contributed by atoms with E-state index in [2.05, 4.69) is 52.2 Å². The molecule has 0 radical (unpaired) electrons. The van der Waals surface area contributed by atoms with Crippen molar-refractivity contribution in [3.05, 3.63) is 168 Å². The highest BCUT2D eigenvalue weighted by atomic mass is 16.5. The molecule has 0 aliphatic carbocycles. The lowest BCUT2D eigenvalue weighted by Crippen LogP contribution is -2.59. The van der Waals surface area contributed by atoms with Crippen molar-refractivity contribution in [3.63, 3.8) is 0 Å². The second-order valence-corrected chi connectivity index (χ2v) is 15.8. The first-order valence-corrected chi connectivity index (χ1v) is 21.4. The molecule has 5 aromatic carbocycles. The van der Waals surface area contributed by atoms with Crippen LogP contribution in [0.4, 0.5) is 0 Å². The highest BCUT2D eigenvalue weighted by molar-refractivity contribution is 5.96. The van der Waals surface area contributed by atoms with Gasteiger partial charge in [0.15, 0.2) is 12.4 Å². The molecular formula is C49H48N10O6. The lowest BCUT2D eigenvalue weighted by atomic mass is 9.98. The average Bonchev–Trinajstić information content (AvgIpc) is 4.02. The van der Waals surface area contributed by atoms with Crippen LogP contribution in [0.5, 0.6) is 5.75 Å². The number of rotatable bonds is 11. The molecule has 0 unspecified atom stereocenters. The molecule has 7 aromatic rings.